The van der Waals surface area contributed by atoms with E-state index in [1.165, 1.54) is 26.0 Å². The Hall–Kier alpha value is -9.47. The van der Waals surface area contributed by atoms with E-state index in [1.807, 2.05) is 0 Å². The third-order valence-electron chi connectivity index (χ3n) is 16.3. The Morgan fingerprint density at radius 3 is 1.84 bits per heavy atom. The molecule has 1 aromatic heterocycles. The van der Waals surface area contributed by atoms with Crippen LogP contribution in [0.15, 0.2) is 81.0 Å². The molecule has 10 atom stereocenters. The average molecular weight is 1300 g/mol. The number of likely N-dealkylation sites (tertiary alicyclic amines) is 2. The number of carbonyl (C=O) groups is 10. The number of rotatable bonds is 30. The number of nitrogens with zero attached hydrogens (tertiary/aromatic N) is 7. The maximum atomic E-state index is 15.3. The summed E-state index contributed by atoms with van der Waals surface area (Å²) in [6.07, 6.45) is 0.0446. The van der Waals surface area contributed by atoms with Gasteiger partial charge in [-0.05, 0) is 85.6 Å². The van der Waals surface area contributed by atoms with E-state index in [0.29, 0.717) is 40.1 Å². The van der Waals surface area contributed by atoms with Crippen LogP contribution in [0.3, 0.4) is 0 Å². The van der Waals surface area contributed by atoms with Gasteiger partial charge in [-0.2, -0.15) is 0 Å². The molecule has 1 unspecified atom stereocenters. The number of benzene rings is 2. The van der Waals surface area contributed by atoms with Crippen molar-refractivity contribution in [1.82, 2.24) is 41.3 Å². The number of carbonyl (C=O) groups excluding carboxylic acids is 9. The summed E-state index contributed by atoms with van der Waals surface area (Å²) >= 11 is 1.26. The zero-order valence-electron chi connectivity index (χ0n) is 50.8. The largest absolute Gasteiger partial charge is 0.480 e. The SMILES string of the molecule is NC(N)=NCCC[C@@H](N)C(=O)N[C@@H](CCCN=C(N)N)C(=O)N1CCC[C@H]1C(=O)N1C[C@H](O)C[C@H]1C(=O)NCC(=O)NC(Cc1cccs1)C(=O)N[C@@H](CO)C(=O)N1Cc2ccccc2C[C@@H]1C(=O)N1c2ccccc2C[C@H]1C(=O)N[C@@H](CCCN=C(N)N)C(=O)O. The first-order chi connectivity index (χ1) is 43.9. The monoisotopic (exact) mass is 1300 g/mol. The minimum atomic E-state index is -1.70. The van der Waals surface area contributed by atoms with Gasteiger partial charge >= 0.3 is 5.97 Å². The molecule has 3 aromatic rings. The van der Waals surface area contributed by atoms with E-state index < -0.39 is 133 Å². The van der Waals surface area contributed by atoms with E-state index in [-0.39, 0.29) is 121 Å². The van der Waals surface area contributed by atoms with Crippen molar-refractivity contribution in [3.8, 4) is 0 Å². The lowest BCUT2D eigenvalue weighted by Gasteiger charge is -2.40. The van der Waals surface area contributed by atoms with Crippen molar-refractivity contribution in [3.05, 3.63) is 87.6 Å². The maximum absolute atomic E-state index is 15.3. The summed E-state index contributed by atoms with van der Waals surface area (Å²) in [6, 6.07) is 5.52. The summed E-state index contributed by atoms with van der Waals surface area (Å²) in [6.45, 7) is -1.59. The minimum absolute atomic E-state index is 0.00575. The number of amides is 9. The summed E-state index contributed by atoms with van der Waals surface area (Å²) in [5.74, 6) is -8.68. The van der Waals surface area contributed by atoms with Crippen LogP contribution in [-0.2, 0) is 73.8 Å². The van der Waals surface area contributed by atoms with E-state index >= 15 is 4.79 Å². The number of aliphatic hydroxyl groups excluding tert-OH is 2. The van der Waals surface area contributed by atoms with Gasteiger partial charge in [0.25, 0.3) is 5.91 Å². The molecule has 9 amide bonds. The Bertz CT molecular complexity index is 3250. The molecule has 92 heavy (non-hydrogen) atoms. The number of β-amino-alcohol motifs (C(OH)–C–C–N with tert-alkyl or cyclic N) is 1. The van der Waals surface area contributed by atoms with Gasteiger partial charge in [-0.25, -0.2) is 4.79 Å². The van der Waals surface area contributed by atoms with Gasteiger partial charge < -0.3 is 96.7 Å². The van der Waals surface area contributed by atoms with Gasteiger partial charge in [-0.15, -0.1) is 11.3 Å². The lowest BCUT2D eigenvalue weighted by atomic mass is 9.92. The molecule has 498 valence electrons. The molecule has 32 nitrogen and oxygen atoms in total. The van der Waals surface area contributed by atoms with E-state index in [0.717, 1.165) is 4.90 Å². The molecule has 0 spiro atoms. The summed E-state index contributed by atoms with van der Waals surface area (Å²) in [5, 5.41) is 46.5. The average Bonchev–Trinajstić information content (AvgIpc) is 1.50. The fourth-order valence-electron chi connectivity index (χ4n) is 11.7. The number of guanidine groups is 3. The molecule has 0 saturated carbocycles. The molecule has 0 bridgehead atoms. The van der Waals surface area contributed by atoms with Crippen LogP contribution >= 0.6 is 11.3 Å². The topological polar surface area (TPSA) is 524 Å². The molecule has 0 radical (unpaired) electrons. The highest BCUT2D eigenvalue weighted by molar-refractivity contribution is 7.09. The molecular weight excluding hydrogens is 1210 g/mol. The highest BCUT2D eigenvalue weighted by Crippen LogP contribution is 2.36. The predicted molar refractivity (Wildman–Crippen MR) is 338 cm³/mol. The van der Waals surface area contributed by atoms with Crippen molar-refractivity contribution < 1.29 is 63.3 Å². The Morgan fingerprint density at radius 2 is 1.21 bits per heavy atom. The number of aliphatic carboxylic acids is 1. The molecule has 2 aromatic carbocycles. The van der Waals surface area contributed by atoms with Gasteiger partial charge in [0.2, 0.25) is 47.3 Å². The first kappa shape index (κ1) is 70.0. The number of para-hydroxylation sites is 1. The number of hydrogen-bond acceptors (Lipinski definition) is 17. The molecule has 5 heterocycles. The number of hydrogen-bond donors (Lipinski definition) is 15. The van der Waals surface area contributed by atoms with Crippen molar-refractivity contribution in [2.24, 2.45) is 55.1 Å². The zero-order chi connectivity index (χ0) is 66.8. The number of thiophene rings is 1. The smallest absolute Gasteiger partial charge is 0.326 e. The number of aliphatic imine (C=N–C) groups is 3. The molecule has 7 rings (SSSR count). The number of nitrogens with one attached hydrogen (secondary N) is 5. The van der Waals surface area contributed by atoms with Crippen LogP contribution in [0.25, 0.3) is 0 Å². The van der Waals surface area contributed by atoms with Crippen LogP contribution in [-0.4, -0.2) is 213 Å². The first-order valence-electron chi connectivity index (χ1n) is 30.3. The normalized spacial score (nSPS) is 19.8. The fourth-order valence-corrected chi connectivity index (χ4v) is 12.5. The highest BCUT2D eigenvalue weighted by Gasteiger charge is 2.48. The zero-order valence-corrected chi connectivity index (χ0v) is 51.6. The van der Waals surface area contributed by atoms with Gasteiger partial charge in [-0.1, -0.05) is 48.5 Å². The number of carboxylic acid groups (broad SMARTS) is 1. The second-order valence-electron chi connectivity index (χ2n) is 22.9. The van der Waals surface area contributed by atoms with Crippen LogP contribution in [0.1, 0.15) is 79.4 Å². The Labute approximate surface area is 534 Å². The van der Waals surface area contributed by atoms with E-state index in [2.05, 4.69) is 41.6 Å². The number of nitrogens with two attached hydrogens (primary N) is 7. The summed E-state index contributed by atoms with van der Waals surface area (Å²) < 4.78 is 0. The fraction of sp³-hybridized carbons (Fsp3) is 0.508. The standard InChI is InChI=1S/C59H83N19O13S/c60-37(14-5-19-67-57(61)62)48(82)72-38(15-6-20-68-58(63)64)52(86)75-22-8-18-43(75)54(88)77-30-35(80)26-44(77)50(84)70-28-47(81)71-40(27-36-13-9-23-92-36)49(83)74-41(31-79)53(87)76-29-34-12-2-1-10-32(34)24-46(76)55(89)78-42-17-4-3-11-33(42)25-45(78)51(85)73-39(56(90)91)16-7-21-69-59(65)66/h1-4,9-13,17,23,35,37-41,43-46,79-80H,5-8,14-16,18-22,24-31,60H2,(H,70,84)(H,71,81)(H,72,82)(H,73,85)(H,74,83)(H,90,91)(H4,61,62,67)(H4,63,64,68)(H4,65,66,69)/t35-,37-,38+,39+,40?,41+,43+,44+,45+,46-/m1/s1. The predicted octanol–water partition coefficient (Wildman–Crippen LogP) is -5.22. The molecule has 4 aliphatic heterocycles. The van der Waals surface area contributed by atoms with Crippen molar-refractivity contribution in [2.75, 3.05) is 50.8 Å². The van der Waals surface area contributed by atoms with Gasteiger partial charge in [0.05, 0.1) is 25.3 Å². The number of fused-ring (bicyclic) bond motifs is 2. The minimum Gasteiger partial charge on any atom is -0.480 e. The van der Waals surface area contributed by atoms with Crippen LogP contribution < -0.4 is 71.6 Å². The summed E-state index contributed by atoms with van der Waals surface area (Å²) in [5.41, 5.74) is 41.1. The Kier molecular flexibility index (Phi) is 25.1. The molecule has 2 fully saturated rings. The first-order valence-corrected chi connectivity index (χ1v) is 31.2. The number of aliphatic hydroxyl groups is 2. The lowest BCUT2D eigenvalue weighted by Crippen LogP contribution is -2.62. The third-order valence-corrected chi connectivity index (χ3v) is 17.2. The van der Waals surface area contributed by atoms with Crippen LogP contribution in [0.2, 0.25) is 0 Å². The highest BCUT2D eigenvalue weighted by atomic mass is 32.1. The van der Waals surface area contributed by atoms with Gasteiger partial charge in [0, 0.05) is 75.5 Å². The molecular formula is C59H83N19O13S. The van der Waals surface area contributed by atoms with Crippen molar-refractivity contribution in [2.45, 2.75) is 144 Å². The van der Waals surface area contributed by atoms with E-state index in [4.69, 9.17) is 40.1 Å². The molecule has 0 aliphatic carbocycles. The molecule has 4 aliphatic rings. The van der Waals surface area contributed by atoms with Gasteiger partial charge in [0.1, 0.15) is 48.3 Å². The van der Waals surface area contributed by atoms with E-state index in [1.54, 1.807) is 66.0 Å². The third kappa shape index (κ3) is 18.6. The number of carboxylic acids is 1. The van der Waals surface area contributed by atoms with E-state index in [9.17, 15) is 58.5 Å². The second-order valence-corrected chi connectivity index (χ2v) is 23.9. The van der Waals surface area contributed by atoms with Gasteiger partial charge in [0.15, 0.2) is 17.9 Å². The van der Waals surface area contributed by atoms with Crippen LogP contribution in [0.5, 0.6) is 0 Å². The van der Waals surface area contributed by atoms with Crippen molar-refractivity contribution in [1.29, 1.82) is 0 Å². The molecule has 22 N–H and O–H groups in total. The summed E-state index contributed by atoms with van der Waals surface area (Å²) in [4.78, 5) is 158. The lowest BCUT2D eigenvalue weighted by molar-refractivity contribution is -0.148. The van der Waals surface area contributed by atoms with Crippen molar-refractivity contribution >= 4 is 94.0 Å². The Balaban J connectivity index is 1.02. The van der Waals surface area contributed by atoms with Gasteiger partial charge in [-0.3, -0.25) is 63.0 Å². The maximum Gasteiger partial charge on any atom is 0.326 e. The van der Waals surface area contributed by atoms with Crippen molar-refractivity contribution in [3.63, 3.8) is 0 Å². The van der Waals surface area contributed by atoms with Crippen LogP contribution in [0.4, 0.5) is 5.69 Å². The number of anilines is 1. The quantitative estimate of drug-likeness (QED) is 0.0168. The molecule has 33 heteroatoms. The van der Waals surface area contributed by atoms with Crippen LogP contribution in [0, 0.1) is 0 Å². The Morgan fingerprint density at radius 1 is 0.609 bits per heavy atom. The molecule has 2 saturated heterocycles. The second kappa shape index (κ2) is 33.0. The summed E-state index contributed by atoms with van der Waals surface area (Å²) in [7, 11) is 0.